The van der Waals surface area contributed by atoms with E-state index < -0.39 is 33.2 Å². The van der Waals surface area contributed by atoms with Crippen LogP contribution < -0.4 is 11.1 Å². The number of carbonyl (C=O) groups excluding carboxylic acids is 1. The first-order valence-electron chi connectivity index (χ1n) is 6.22. The van der Waals surface area contributed by atoms with Gasteiger partial charge in [-0.3, -0.25) is 4.79 Å². The number of nitrogens with one attached hydrogen (secondary N) is 1. The second kappa shape index (κ2) is 5.78. The van der Waals surface area contributed by atoms with Crippen molar-refractivity contribution in [3.8, 4) is 0 Å². The summed E-state index contributed by atoms with van der Waals surface area (Å²) in [6.45, 7) is -0.398. The molecule has 21 heavy (non-hydrogen) atoms. The second-order valence-electron chi connectivity index (χ2n) is 4.92. The molecule has 1 aliphatic rings. The minimum absolute atomic E-state index is 0.0239. The van der Waals surface area contributed by atoms with Gasteiger partial charge in [0.1, 0.15) is 4.90 Å². The van der Waals surface area contributed by atoms with Crippen LogP contribution in [0.3, 0.4) is 0 Å². The van der Waals surface area contributed by atoms with Crippen molar-refractivity contribution in [2.45, 2.75) is 23.8 Å². The number of rotatable bonds is 5. The van der Waals surface area contributed by atoms with Crippen LogP contribution in [0.2, 0.25) is 5.02 Å². The van der Waals surface area contributed by atoms with Crippen molar-refractivity contribution < 1.29 is 17.6 Å². The minimum Gasteiger partial charge on any atom is -0.399 e. The lowest BCUT2D eigenvalue weighted by atomic mass is 10.3. The van der Waals surface area contributed by atoms with Gasteiger partial charge in [0, 0.05) is 18.8 Å². The number of amides is 1. The van der Waals surface area contributed by atoms with Crippen LogP contribution in [0, 0.1) is 5.82 Å². The predicted molar refractivity (Wildman–Crippen MR) is 76.8 cm³/mol. The van der Waals surface area contributed by atoms with Crippen molar-refractivity contribution in [1.82, 2.24) is 9.62 Å². The summed E-state index contributed by atoms with van der Waals surface area (Å²) in [4.78, 5) is 11.0. The summed E-state index contributed by atoms with van der Waals surface area (Å²) in [5.74, 6) is -1.51. The highest BCUT2D eigenvalue weighted by molar-refractivity contribution is 7.89. The van der Waals surface area contributed by atoms with E-state index in [4.69, 9.17) is 17.3 Å². The zero-order valence-electron chi connectivity index (χ0n) is 11.3. The number of nitrogens with two attached hydrogens (primary N) is 1. The third-order valence-corrected chi connectivity index (χ3v) is 5.09. The average Bonchev–Trinajstić information content (AvgIpc) is 3.17. The van der Waals surface area contributed by atoms with Gasteiger partial charge in [-0.15, -0.1) is 0 Å². The van der Waals surface area contributed by atoms with Crippen molar-refractivity contribution in [2.75, 3.05) is 19.3 Å². The van der Waals surface area contributed by atoms with Gasteiger partial charge in [0.2, 0.25) is 15.9 Å². The maximum Gasteiger partial charge on any atom is 0.246 e. The Morgan fingerprint density at radius 3 is 2.71 bits per heavy atom. The first kappa shape index (κ1) is 16.0. The summed E-state index contributed by atoms with van der Waals surface area (Å²) in [5, 5.41) is 2.27. The Morgan fingerprint density at radius 1 is 1.52 bits per heavy atom. The van der Waals surface area contributed by atoms with Crippen LogP contribution in [0.4, 0.5) is 10.1 Å². The molecule has 1 aromatic rings. The fourth-order valence-electron chi connectivity index (χ4n) is 1.73. The van der Waals surface area contributed by atoms with Gasteiger partial charge in [-0.25, -0.2) is 12.8 Å². The van der Waals surface area contributed by atoms with E-state index in [0.29, 0.717) is 0 Å². The fourth-order valence-corrected chi connectivity index (χ4v) is 3.26. The molecule has 0 bridgehead atoms. The molecular weight excluding hydrogens is 321 g/mol. The third kappa shape index (κ3) is 3.63. The Kier molecular flexibility index (Phi) is 4.40. The molecule has 0 unspecified atom stereocenters. The van der Waals surface area contributed by atoms with Crippen LogP contribution in [0.15, 0.2) is 17.0 Å². The Balaban J connectivity index is 2.22. The summed E-state index contributed by atoms with van der Waals surface area (Å²) in [5.41, 5.74) is 5.51. The van der Waals surface area contributed by atoms with Gasteiger partial charge < -0.3 is 11.1 Å². The summed E-state index contributed by atoms with van der Waals surface area (Å²) < 4.78 is 39.2. The second-order valence-corrected chi connectivity index (χ2v) is 7.34. The lowest BCUT2D eigenvalue weighted by Crippen LogP contribution is -2.39. The maximum atomic E-state index is 13.9. The number of halogens is 2. The van der Waals surface area contributed by atoms with E-state index in [0.717, 1.165) is 29.3 Å². The van der Waals surface area contributed by atoms with E-state index in [1.54, 1.807) is 0 Å². The summed E-state index contributed by atoms with van der Waals surface area (Å²) in [7, 11) is -3.00. The highest BCUT2D eigenvalue weighted by atomic mass is 35.5. The molecule has 9 heteroatoms. The number of anilines is 1. The van der Waals surface area contributed by atoms with Crippen LogP contribution in [-0.4, -0.2) is 38.3 Å². The van der Waals surface area contributed by atoms with Crippen LogP contribution in [0.25, 0.3) is 0 Å². The topological polar surface area (TPSA) is 92.5 Å². The normalized spacial score (nSPS) is 15.2. The molecule has 0 radical (unpaired) electrons. The van der Waals surface area contributed by atoms with Gasteiger partial charge in [0.15, 0.2) is 5.82 Å². The van der Waals surface area contributed by atoms with E-state index in [2.05, 4.69) is 5.32 Å². The molecule has 1 aromatic carbocycles. The molecule has 0 heterocycles. The quantitative estimate of drug-likeness (QED) is 0.784. The standard InChI is InChI=1S/C12H15ClFN3O3S/c1-17(6-11(18)16-8-2-3-8)21(19,20)10-5-7(15)4-9(13)12(10)14/h4-5,8H,2-3,6,15H2,1H3,(H,16,18). The molecule has 0 saturated heterocycles. The molecule has 116 valence electrons. The van der Waals surface area contributed by atoms with Gasteiger partial charge in [-0.2, -0.15) is 4.31 Å². The van der Waals surface area contributed by atoms with Crippen molar-refractivity contribution in [3.63, 3.8) is 0 Å². The van der Waals surface area contributed by atoms with Crippen LogP contribution in [0.5, 0.6) is 0 Å². The molecule has 2 rings (SSSR count). The molecule has 1 fully saturated rings. The SMILES string of the molecule is CN(CC(=O)NC1CC1)S(=O)(=O)c1cc(N)cc(Cl)c1F. The lowest BCUT2D eigenvalue weighted by Gasteiger charge is -2.18. The monoisotopic (exact) mass is 335 g/mol. The smallest absolute Gasteiger partial charge is 0.246 e. The molecular formula is C12H15ClFN3O3S. The Hall–Kier alpha value is -1.38. The van der Waals surface area contributed by atoms with E-state index in [1.807, 2.05) is 0 Å². The largest absolute Gasteiger partial charge is 0.399 e. The zero-order valence-corrected chi connectivity index (χ0v) is 12.8. The molecule has 1 aliphatic carbocycles. The van der Waals surface area contributed by atoms with Gasteiger partial charge in [0.05, 0.1) is 11.6 Å². The molecule has 0 atom stereocenters. The van der Waals surface area contributed by atoms with Crippen LogP contribution in [-0.2, 0) is 14.8 Å². The summed E-state index contributed by atoms with van der Waals surface area (Å²) >= 11 is 5.60. The highest BCUT2D eigenvalue weighted by Gasteiger charge is 2.29. The highest BCUT2D eigenvalue weighted by Crippen LogP contribution is 2.27. The van der Waals surface area contributed by atoms with Crippen molar-refractivity contribution >= 4 is 33.2 Å². The van der Waals surface area contributed by atoms with Crippen LogP contribution in [0.1, 0.15) is 12.8 Å². The molecule has 0 aromatic heterocycles. The zero-order chi connectivity index (χ0) is 15.8. The van der Waals surface area contributed by atoms with E-state index in [1.165, 1.54) is 7.05 Å². The third-order valence-electron chi connectivity index (χ3n) is 3.01. The number of nitrogen functional groups attached to an aromatic ring is 1. The minimum atomic E-state index is -4.19. The molecule has 0 aliphatic heterocycles. The maximum absolute atomic E-state index is 13.9. The van der Waals surface area contributed by atoms with Gasteiger partial charge in [0.25, 0.3) is 0 Å². The van der Waals surface area contributed by atoms with Crippen molar-refractivity contribution in [3.05, 3.63) is 23.0 Å². The van der Waals surface area contributed by atoms with Crippen molar-refractivity contribution in [1.29, 1.82) is 0 Å². The molecule has 0 spiro atoms. The summed E-state index contributed by atoms with van der Waals surface area (Å²) in [6, 6.07) is 2.22. The first-order valence-corrected chi connectivity index (χ1v) is 8.04. The lowest BCUT2D eigenvalue weighted by molar-refractivity contribution is -0.121. The Bertz CT molecular complexity index is 677. The first-order chi connectivity index (χ1) is 9.71. The van der Waals surface area contributed by atoms with Gasteiger partial charge in [-0.1, -0.05) is 11.6 Å². The number of benzene rings is 1. The van der Waals surface area contributed by atoms with Gasteiger partial charge in [-0.05, 0) is 25.0 Å². The number of hydrogen-bond donors (Lipinski definition) is 2. The summed E-state index contributed by atoms with van der Waals surface area (Å²) in [6.07, 6.45) is 1.78. The number of hydrogen-bond acceptors (Lipinski definition) is 4. The van der Waals surface area contributed by atoms with E-state index in [9.17, 15) is 17.6 Å². The van der Waals surface area contributed by atoms with Crippen LogP contribution >= 0.6 is 11.6 Å². The van der Waals surface area contributed by atoms with E-state index in [-0.39, 0.29) is 16.8 Å². The number of nitrogens with zero attached hydrogens (tertiary/aromatic N) is 1. The average molecular weight is 336 g/mol. The Labute approximate surface area is 127 Å². The fraction of sp³-hybridized carbons (Fsp3) is 0.417. The molecule has 3 N–H and O–H groups in total. The van der Waals surface area contributed by atoms with Gasteiger partial charge >= 0.3 is 0 Å². The molecule has 6 nitrogen and oxygen atoms in total. The number of carbonyl (C=O) groups is 1. The van der Waals surface area contributed by atoms with Crippen molar-refractivity contribution in [2.24, 2.45) is 0 Å². The molecule has 1 amide bonds. The Morgan fingerprint density at radius 2 is 2.14 bits per heavy atom. The predicted octanol–water partition coefficient (Wildman–Crippen LogP) is 0.960. The number of likely N-dealkylation sites (N-methyl/N-ethyl adjacent to an activating group) is 1. The molecule has 1 saturated carbocycles. The number of sulfonamides is 1. The van der Waals surface area contributed by atoms with E-state index >= 15 is 0 Å².